The van der Waals surface area contributed by atoms with Crippen molar-refractivity contribution in [2.75, 3.05) is 25.6 Å². The molecule has 1 fully saturated rings. The number of anilines is 1. The van der Waals surface area contributed by atoms with Crippen molar-refractivity contribution in [3.63, 3.8) is 0 Å². The molecule has 0 bridgehead atoms. The Morgan fingerprint density at radius 3 is 2.46 bits per heavy atom. The highest BCUT2D eigenvalue weighted by molar-refractivity contribution is 5.92. The monoisotopic (exact) mass is 345 g/mol. The molecule has 0 atom stereocenters. The zero-order valence-corrected chi connectivity index (χ0v) is 13.5. The lowest BCUT2D eigenvalue weighted by Gasteiger charge is -2.40. The average molecular weight is 345 g/mol. The molecular formula is C16H22F3N3O2. The molecule has 0 aliphatic heterocycles. The summed E-state index contributed by atoms with van der Waals surface area (Å²) in [6, 6.07) is 5.34. The summed E-state index contributed by atoms with van der Waals surface area (Å²) in [6.07, 6.45) is -0.348. The summed E-state index contributed by atoms with van der Waals surface area (Å²) >= 11 is 0. The van der Waals surface area contributed by atoms with Crippen molar-refractivity contribution in [3.8, 4) is 5.75 Å². The highest BCUT2D eigenvalue weighted by Crippen LogP contribution is 2.44. The first kappa shape index (κ1) is 18.4. The lowest BCUT2D eigenvalue weighted by molar-refractivity contribution is -0.274. The molecule has 1 aliphatic rings. The van der Waals surface area contributed by atoms with E-state index in [2.05, 4.69) is 15.0 Å². The number of rotatable bonds is 7. The highest BCUT2D eigenvalue weighted by atomic mass is 19.4. The smallest absolute Gasteiger partial charge is 0.406 e. The van der Waals surface area contributed by atoms with Gasteiger partial charge in [-0.15, -0.1) is 13.2 Å². The number of nitrogens with two attached hydrogens (primary N) is 1. The van der Waals surface area contributed by atoms with Crippen LogP contribution in [0.25, 0.3) is 0 Å². The fourth-order valence-electron chi connectivity index (χ4n) is 2.66. The third-order valence-electron chi connectivity index (χ3n) is 4.20. The van der Waals surface area contributed by atoms with Crippen molar-refractivity contribution < 1.29 is 22.6 Å². The van der Waals surface area contributed by atoms with Crippen LogP contribution in [0.4, 0.5) is 18.9 Å². The van der Waals surface area contributed by atoms with Crippen LogP contribution in [0.2, 0.25) is 0 Å². The molecule has 0 aromatic heterocycles. The molecule has 1 aromatic rings. The van der Waals surface area contributed by atoms with E-state index in [-0.39, 0.29) is 17.1 Å². The topological polar surface area (TPSA) is 68.9 Å². The van der Waals surface area contributed by atoms with Crippen molar-refractivity contribution in [1.29, 1.82) is 0 Å². The summed E-state index contributed by atoms with van der Waals surface area (Å²) in [5, 5.41) is 2.87. The lowest BCUT2D eigenvalue weighted by atomic mass is 9.67. The Morgan fingerprint density at radius 1 is 1.29 bits per heavy atom. The van der Waals surface area contributed by atoms with Gasteiger partial charge in [-0.25, -0.2) is 0 Å². The normalized spacial score (nSPS) is 17.2. The third-order valence-corrected chi connectivity index (χ3v) is 4.20. The number of alkyl halides is 3. The van der Waals surface area contributed by atoms with Crippen LogP contribution in [-0.2, 0) is 4.74 Å². The van der Waals surface area contributed by atoms with Crippen LogP contribution in [0.5, 0.6) is 5.75 Å². The SMILES string of the molecule is COCCC1(CN=C(N)Nc2ccc(OC(F)(F)F)cc2)CCC1. The maximum Gasteiger partial charge on any atom is 0.573 e. The third kappa shape index (κ3) is 5.59. The maximum atomic E-state index is 12.1. The molecule has 3 N–H and O–H groups in total. The molecule has 0 heterocycles. The van der Waals surface area contributed by atoms with Gasteiger partial charge in [0.05, 0.1) is 0 Å². The van der Waals surface area contributed by atoms with Crippen molar-refractivity contribution in [3.05, 3.63) is 24.3 Å². The first-order valence-electron chi connectivity index (χ1n) is 7.74. The van der Waals surface area contributed by atoms with Crippen LogP contribution in [0.3, 0.4) is 0 Å². The van der Waals surface area contributed by atoms with Crippen LogP contribution in [0.15, 0.2) is 29.3 Å². The molecule has 0 unspecified atom stereocenters. The molecule has 8 heteroatoms. The van der Waals surface area contributed by atoms with Gasteiger partial charge >= 0.3 is 6.36 Å². The van der Waals surface area contributed by atoms with E-state index in [0.29, 0.717) is 18.8 Å². The number of ether oxygens (including phenoxy) is 2. The number of nitrogens with one attached hydrogen (secondary N) is 1. The van der Waals surface area contributed by atoms with E-state index in [4.69, 9.17) is 10.5 Å². The van der Waals surface area contributed by atoms with Gasteiger partial charge in [0.2, 0.25) is 0 Å². The minimum Gasteiger partial charge on any atom is -0.406 e. The second-order valence-electron chi connectivity index (χ2n) is 6.00. The average Bonchev–Trinajstić information content (AvgIpc) is 2.46. The molecule has 1 aromatic carbocycles. The van der Waals surface area contributed by atoms with Crippen LogP contribution < -0.4 is 15.8 Å². The van der Waals surface area contributed by atoms with Gasteiger partial charge in [-0.1, -0.05) is 6.42 Å². The number of nitrogens with zero attached hydrogens (tertiary/aromatic N) is 1. The summed E-state index contributed by atoms with van der Waals surface area (Å²) in [4.78, 5) is 4.36. The molecule has 134 valence electrons. The molecule has 0 spiro atoms. The molecule has 1 saturated carbocycles. The van der Waals surface area contributed by atoms with Crippen LogP contribution in [0, 0.1) is 5.41 Å². The van der Waals surface area contributed by atoms with Crippen LogP contribution in [-0.4, -0.2) is 32.6 Å². The van der Waals surface area contributed by atoms with Gasteiger partial charge in [0, 0.05) is 25.9 Å². The molecule has 24 heavy (non-hydrogen) atoms. The second-order valence-corrected chi connectivity index (χ2v) is 6.00. The fraction of sp³-hybridized carbons (Fsp3) is 0.562. The summed E-state index contributed by atoms with van der Waals surface area (Å²) in [6.45, 7) is 1.31. The summed E-state index contributed by atoms with van der Waals surface area (Å²) in [5.74, 6) is -0.0419. The minimum absolute atomic E-state index is 0.159. The van der Waals surface area contributed by atoms with E-state index in [0.717, 1.165) is 19.3 Å². The van der Waals surface area contributed by atoms with Gasteiger partial charge in [0.1, 0.15) is 5.75 Å². The Balaban J connectivity index is 1.88. The zero-order valence-electron chi connectivity index (χ0n) is 13.5. The maximum absolute atomic E-state index is 12.1. The predicted octanol–water partition coefficient (Wildman–Crippen LogP) is 3.52. The Morgan fingerprint density at radius 2 is 1.96 bits per heavy atom. The highest BCUT2D eigenvalue weighted by Gasteiger charge is 2.36. The Hall–Kier alpha value is -1.96. The van der Waals surface area contributed by atoms with Crippen molar-refractivity contribution in [1.82, 2.24) is 0 Å². The standard InChI is InChI=1S/C16H22F3N3O2/c1-23-10-9-15(7-2-8-15)11-21-14(20)22-12-3-5-13(6-4-12)24-16(17,18)19/h3-6H,2,7-11H2,1H3,(H3,20,21,22). The van der Waals surface area contributed by atoms with Gasteiger partial charge in [0.15, 0.2) is 5.96 Å². The Bertz CT molecular complexity index is 555. The van der Waals surface area contributed by atoms with Crippen LogP contribution in [0.1, 0.15) is 25.7 Å². The predicted molar refractivity (Wildman–Crippen MR) is 86.0 cm³/mol. The van der Waals surface area contributed by atoms with Gasteiger partial charge in [0.25, 0.3) is 0 Å². The second kappa shape index (κ2) is 7.74. The molecular weight excluding hydrogens is 323 g/mol. The van der Waals surface area contributed by atoms with Crippen LogP contribution >= 0.6 is 0 Å². The molecule has 5 nitrogen and oxygen atoms in total. The van der Waals surface area contributed by atoms with E-state index >= 15 is 0 Å². The van der Waals surface area contributed by atoms with Crippen molar-refractivity contribution >= 4 is 11.6 Å². The van der Waals surface area contributed by atoms with E-state index < -0.39 is 6.36 Å². The van der Waals surface area contributed by atoms with E-state index in [9.17, 15) is 13.2 Å². The van der Waals surface area contributed by atoms with Gasteiger partial charge in [-0.3, -0.25) is 4.99 Å². The number of guanidine groups is 1. The molecule has 0 radical (unpaired) electrons. The van der Waals surface area contributed by atoms with Crippen molar-refractivity contribution in [2.24, 2.45) is 16.1 Å². The van der Waals surface area contributed by atoms with Gasteiger partial charge < -0.3 is 20.5 Å². The molecule has 0 saturated heterocycles. The number of methoxy groups -OCH3 is 1. The van der Waals surface area contributed by atoms with Gasteiger partial charge in [-0.05, 0) is 48.9 Å². The number of benzene rings is 1. The number of hydrogen-bond acceptors (Lipinski definition) is 3. The minimum atomic E-state index is -4.70. The van der Waals surface area contributed by atoms with E-state index in [1.807, 2.05) is 0 Å². The first-order chi connectivity index (χ1) is 11.3. The first-order valence-corrected chi connectivity index (χ1v) is 7.74. The quantitative estimate of drug-likeness (QED) is 0.586. The van der Waals surface area contributed by atoms with Gasteiger partial charge in [-0.2, -0.15) is 0 Å². The number of hydrogen-bond donors (Lipinski definition) is 2. The summed E-state index contributed by atoms with van der Waals surface area (Å²) in [5.41, 5.74) is 6.56. The fourth-order valence-corrected chi connectivity index (χ4v) is 2.66. The zero-order chi connectivity index (χ0) is 17.6. The number of halogens is 3. The Labute approximate surface area is 139 Å². The largest absolute Gasteiger partial charge is 0.573 e. The molecule has 1 aliphatic carbocycles. The molecule has 2 rings (SSSR count). The van der Waals surface area contributed by atoms with E-state index in [1.54, 1.807) is 7.11 Å². The number of aliphatic imine (C=N–C) groups is 1. The molecule has 0 amide bonds. The summed E-state index contributed by atoms with van der Waals surface area (Å²) in [7, 11) is 1.68. The Kier molecular flexibility index (Phi) is 5.93. The lowest BCUT2D eigenvalue weighted by Crippen LogP contribution is -2.35. The van der Waals surface area contributed by atoms with E-state index in [1.165, 1.54) is 30.7 Å². The van der Waals surface area contributed by atoms with Crippen molar-refractivity contribution in [2.45, 2.75) is 32.0 Å². The summed E-state index contributed by atoms with van der Waals surface area (Å²) < 4.78 is 45.3.